The zero-order valence-electron chi connectivity index (χ0n) is 13.5. The van der Waals surface area contributed by atoms with Gasteiger partial charge in [-0.1, -0.05) is 6.07 Å². The van der Waals surface area contributed by atoms with Crippen molar-refractivity contribution in [2.45, 2.75) is 6.42 Å². The fourth-order valence-corrected chi connectivity index (χ4v) is 3.13. The second-order valence-electron chi connectivity index (χ2n) is 6.02. The predicted octanol–water partition coefficient (Wildman–Crippen LogP) is 2.14. The number of likely N-dealkylation sites (tertiary alicyclic amines) is 1. The highest BCUT2D eigenvalue weighted by Crippen LogP contribution is 2.23. The van der Waals surface area contributed by atoms with Gasteiger partial charge in [0.2, 0.25) is 5.91 Å². The summed E-state index contributed by atoms with van der Waals surface area (Å²) in [7, 11) is 0. The summed E-state index contributed by atoms with van der Waals surface area (Å²) in [6.07, 6.45) is 8.11. The van der Waals surface area contributed by atoms with Crippen molar-refractivity contribution >= 4 is 17.4 Å². The Morgan fingerprint density at radius 1 is 1.28 bits per heavy atom. The molecule has 1 saturated heterocycles. The highest BCUT2D eigenvalue weighted by molar-refractivity contribution is 5.92. The summed E-state index contributed by atoms with van der Waals surface area (Å²) in [5.41, 5.74) is 2.78. The fraction of sp³-hybridized carbons (Fsp3) is 0.222. The first-order chi connectivity index (χ1) is 12.2. The summed E-state index contributed by atoms with van der Waals surface area (Å²) in [6, 6.07) is 9.64. The van der Waals surface area contributed by atoms with Crippen LogP contribution in [0.15, 0.2) is 48.9 Å². The molecule has 1 fully saturated rings. The number of aromatic nitrogens is 3. The normalized spacial score (nSPS) is 16.8. The van der Waals surface area contributed by atoms with Crippen molar-refractivity contribution in [2.75, 3.05) is 18.4 Å². The van der Waals surface area contributed by atoms with E-state index in [1.165, 1.54) is 0 Å². The molecule has 25 heavy (non-hydrogen) atoms. The van der Waals surface area contributed by atoms with Crippen LogP contribution in [0.4, 0.5) is 5.82 Å². The van der Waals surface area contributed by atoms with Crippen LogP contribution in [0.5, 0.6) is 0 Å². The first kappa shape index (κ1) is 15.1. The third kappa shape index (κ3) is 2.90. The van der Waals surface area contributed by atoms with Crippen LogP contribution in [0.2, 0.25) is 0 Å². The Labute approximate surface area is 144 Å². The molecule has 1 atom stereocenters. The second-order valence-corrected chi connectivity index (χ2v) is 6.02. The van der Waals surface area contributed by atoms with E-state index in [4.69, 9.17) is 5.26 Å². The van der Waals surface area contributed by atoms with Crippen molar-refractivity contribution in [1.29, 1.82) is 5.26 Å². The molecule has 4 heterocycles. The molecule has 3 aromatic heterocycles. The quantitative estimate of drug-likeness (QED) is 0.743. The van der Waals surface area contributed by atoms with E-state index in [1.54, 1.807) is 17.3 Å². The summed E-state index contributed by atoms with van der Waals surface area (Å²) >= 11 is 0. The molecule has 1 aliphatic rings. The largest absolute Gasteiger partial charge is 0.310 e. The third-order valence-corrected chi connectivity index (χ3v) is 4.44. The molecule has 124 valence electrons. The smallest absolute Gasteiger partial charge is 0.230 e. The van der Waals surface area contributed by atoms with E-state index in [0.29, 0.717) is 25.3 Å². The fourth-order valence-electron chi connectivity index (χ4n) is 3.13. The van der Waals surface area contributed by atoms with E-state index < -0.39 is 0 Å². The molecule has 1 unspecified atom stereocenters. The van der Waals surface area contributed by atoms with Gasteiger partial charge >= 0.3 is 0 Å². The zero-order chi connectivity index (χ0) is 17.2. The number of imidazole rings is 1. The number of carbonyl (C=O) groups is 1. The number of nitrogens with zero attached hydrogens (tertiary/aromatic N) is 5. The average molecular weight is 332 g/mol. The maximum atomic E-state index is 12.4. The van der Waals surface area contributed by atoms with E-state index in [2.05, 4.69) is 21.5 Å². The van der Waals surface area contributed by atoms with Gasteiger partial charge in [-0.3, -0.25) is 9.20 Å². The SMILES string of the molecule is N#CN1CCC(C(=O)Nc2cc(-c3cccc4nccn34)ccn2)C1. The van der Waals surface area contributed by atoms with Crippen molar-refractivity contribution in [1.82, 2.24) is 19.3 Å². The van der Waals surface area contributed by atoms with E-state index >= 15 is 0 Å². The third-order valence-electron chi connectivity index (χ3n) is 4.44. The molecule has 0 spiro atoms. The van der Waals surface area contributed by atoms with Gasteiger partial charge in [0.15, 0.2) is 6.19 Å². The summed E-state index contributed by atoms with van der Waals surface area (Å²) in [4.78, 5) is 22.5. The minimum atomic E-state index is -0.179. The standard InChI is InChI=1S/C18H16N6O/c19-12-23-8-5-14(11-23)18(25)22-16-10-13(4-6-20-16)15-2-1-3-17-21-7-9-24(15)17/h1-4,6-7,9-10,14H,5,8,11H2,(H,20,22,25). The maximum Gasteiger partial charge on any atom is 0.230 e. The molecular weight excluding hydrogens is 316 g/mol. The average Bonchev–Trinajstić information content (AvgIpc) is 3.30. The summed E-state index contributed by atoms with van der Waals surface area (Å²) < 4.78 is 1.99. The maximum absolute atomic E-state index is 12.4. The van der Waals surface area contributed by atoms with Crippen LogP contribution in [-0.4, -0.2) is 38.3 Å². The van der Waals surface area contributed by atoms with Crippen LogP contribution in [0, 0.1) is 17.4 Å². The zero-order valence-corrected chi connectivity index (χ0v) is 13.5. The van der Waals surface area contributed by atoms with Gasteiger partial charge in [0.25, 0.3) is 0 Å². The van der Waals surface area contributed by atoms with Gasteiger partial charge in [-0.2, -0.15) is 5.26 Å². The molecule has 0 aliphatic carbocycles. The van der Waals surface area contributed by atoms with Gasteiger partial charge in [0.05, 0.1) is 11.6 Å². The van der Waals surface area contributed by atoms with Gasteiger partial charge in [-0.05, 0) is 30.7 Å². The van der Waals surface area contributed by atoms with E-state index in [0.717, 1.165) is 16.9 Å². The van der Waals surface area contributed by atoms with E-state index in [1.807, 2.05) is 40.9 Å². The van der Waals surface area contributed by atoms with Crippen LogP contribution < -0.4 is 5.32 Å². The minimum Gasteiger partial charge on any atom is -0.310 e. The number of anilines is 1. The van der Waals surface area contributed by atoms with Crippen molar-refractivity contribution in [3.63, 3.8) is 0 Å². The Morgan fingerprint density at radius 3 is 3.04 bits per heavy atom. The lowest BCUT2D eigenvalue weighted by atomic mass is 10.1. The second kappa shape index (κ2) is 6.24. The van der Waals surface area contributed by atoms with Crippen molar-refractivity contribution in [2.24, 2.45) is 5.92 Å². The molecule has 0 saturated carbocycles. The molecule has 7 nitrogen and oxygen atoms in total. The highest BCUT2D eigenvalue weighted by Gasteiger charge is 2.28. The molecule has 0 bridgehead atoms. The van der Waals surface area contributed by atoms with Crippen LogP contribution in [0.25, 0.3) is 16.9 Å². The Hall–Kier alpha value is -3.40. The van der Waals surface area contributed by atoms with Crippen LogP contribution in [0.3, 0.4) is 0 Å². The van der Waals surface area contributed by atoms with Crippen molar-refractivity contribution in [3.05, 3.63) is 48.9 Å². The number of fused-ring (bicyclic) bond motifs is 1. The van der Waals surface area contributed by atoms with E-state index in [-0.39, 0.29) is 11.8 Å². The lowest BCUT2D eigenvalue weighted by Gasteiger charge is -2.11. The lowest BCUT2D eigenvalue weighted by molar-refractivity contribution is -0.119. The van der Waals surface area contributed by atoms with Crippen LogP contribution in [0.1, 0.15) is 6.42 Å². The number of hydrogen-bond donors (Lipinski definition) is 1. The van der Waals surface area contributed by atoms with Gasteiger partial charge in [-0.25, -0.2) is 9.97 Å². The number of nitriles is 1. The monoisotopic (exact) mass is 332 g/mol. The van der Waals surface area contributed by atoms with Crippen molar-refractivity contribution < 1.29 is 4.79 Å². The number of hydrogen-bond acceptors (Lipinski definition) is 5. The molecule has 1 amide bonds. The summed E-state index contributed by atoms with van der Waals surface area (Å²) in [6.45, 7) is 1.10. The predicted molar refractivity (Wildman–Crippen MR) is 92.3 cm³/mol. The Kier molecular flexibility index (Phi) is 3.78. The van der Waals surface area contributed by atoms with Gasteiger partial charge in [-0.15, -0.1) is 0 Å². The highest BCUT2D eigenvalue weighted by atomic mass is 16.2. The molecule has 7 heteroatoms. The van der Waals surface area contributed by atoms with Gasteiger partial charge < -0.3 is 10.2 Å². The first-order valence-electron chi connectivity index (χ1n) is 8.08. The van der Waals surface area contributed by atoms with Gasteiger partial charge in [0, 0.05) is 37.2 Å². The Balaban J connectivity index is 1.57. The molecule has 0 radical (unpaired) electrons. The Bertz CT molecular complexity index is 973. The minimum absolute atomic E-state index is 0.0942. The topological polar surface area (TPSA) is 86.3 Å². The van der Waals surface area contributed by atoms with E-state index in [9.17, 15) is 4.79 Å². The first-order valence-corrected chi connectivity index (χ1v) is 8.08. The molecular formula is C18H16N6O. The molecule has 1 aliphatic heterocycles. The number of amides is 1. The summed E-state index contributed by atoms with van der Waals surface area (Å²) in [5, 5.41) is 11.8. The van der Waals surface area contributed by atoms with Crippen LogP contribution in [-0.2, 0) is 4.79 Å². The number of pyridine rings is 2. The molecule has 0 aromatic carbocycles. The lowest BCUT2D eigenvalue weighted by Crippen LogP contribution is -2.25. The van der Waals surface area contributed by atoms with Crippen molar-refractivity contribution in [3.8, 4) is 17.5 Å². The molecule has 1 N–H and O–H groups in total. The number of rotatable bonds is 3. The van der Waals surface area contributed by atoms with Crippen LogP contribution >= 0.6 is 0 Å². The van der Waals surface area contributed by atoms with Gasteiger partial charge in [0.1, 0.15) is 11.5 Å². The summed E-state index contributed by atoms with van der Waals surface area (Å²) in [5.74, 6) is 0.237. The molecule has 4 rings (SSSR count). The number of carbonyl (C=O) groups excluding carboxylic acids is 1. The Morgan fingerprint density at radius 2 is 2.20 bits per heavy atom. The molecule has 3 aromatic rings. The number of nitrogens with one attached hydrogen (secondary N) is 1.